The fourth-order valence-electron chi connectivity index (χ4n) is 1.15. The lowest BCUT2D eigenvalue weighted by Crippen LogP contribution is -1.82. The van der Waals surface area contributed by atoms with Gasteiger partial charge in [0.05, 0.1) is 0 Å². The van der Waals surface area contributed by atoms with Gasteiger partial charge in [-0.3, -0.25) is 0 Å². The topological polar surface area (TPSA) is 0 Å². The van der Waals surface area contributed by atoms with Crippen molar-refractivity contribution >= 4 is 11.8 Å². The molecule has 0 fully saturated rings. The first kappa shape index (κ1) is 10.9. The molecule has 72 valence electrons. The van der Waals surface area contributed by atoms with Gasteiger partial charge in [-0.05, 0) is 24.3 Å². The average Bonchev–Trinajstić information content (AvgIpc) is 2.21. The third kappa shape index (κ3) is 2.93. The first-order valence-electron chi connectivity index (χ1n) is 4.27. The van der Waals surface area contributed by atoms with Crippen LogP contribution < -0.4 is 0 Å². The van der Waals surface area contributed by atoms with Crippen LogP contribution in [0.15, 0.2) is 70.5 Å². The molecule has 14 heavy (non-hydrogen) atoms. The molecule has 2 aromatic carbocycles. The van der Waals surface area contributed by atoms with Crippen LogP contribution in [0.25, 0.3) is 0 Å². The highest BCUT2D eigenvalue weighted by molar-refractivity contribution is 7.78. The largest absolute Gasteiger partial charge is 0.158 e. The van der Waals surface area contributed by atoms with Crippen LogP contribution >= 0.6 is 0 Å². The lowest BCUT2D eigenvalue weighted by molar-refractivity contribution is 1.40. The molecule has 0 bridgehead atoms. The Morgan fingerprint density at radius 1 is 0.571 bits per heavy atom. The summed E-state index contributed by atoms with van der Waals surface area (Å²) < 4.78 is 0. The molecular weight excluding hydrogens is 188 g/mol. The Hall–Kier alpha value is -1.21. The molecule has 0 amide bonds. The lowest BCUT2D eigenvalue weighted by Gasteiger charge is -1.90. The van der Waals surface area contributed by atoms with Crippen molar-refractivity contribution in [3.8, 4) is 0 Å². The normalized spacial score (nSPS) is 9.14. The van der Waals surface area contributed by atoms with E-state index in [1.54, 1.807) is 0 Å². The van der Waals surface area contributed by atoms with Gasteiger partial charge in [-0.25, -0.2) is 0 Å². The van der Waals surface area contributed by atoms with Crippen LogP contribution in [0.1, 0.15) is 7.43 Å². The summed E-state index contributed by atoms with van der Waals surface area (Å²) in [4.78, 5) is 2.68. The molecule has 0 saturated carbocycles. The van der Waals surface area contributed by atoms with E-state index in [9.17, 15) is 0 Å². The molecule has 0 aliphatic rings. The molecule has 0 aliphatic carbocycles. The van der Waals surface area contributed by atoms with Crippen LogP contribution in [-0.4, -0.2) is 0 Å². The second kappa shape index (κ2) is 5.51. The molecule has 2 aromatic rings. The van der Waals surface area contributed by atoms with Crippen LogP contribution in [-0.2, 0) is 11.8 Å². The second-order valence-electron chi connectivity index (χ2n) is 2.78. The van der Waals surface area contributed by atoms with Gasteiger partial charge in [-0.1, -0.05) is 43.8 Å². The standard InChI is InChI=1S/C12H10S.CH4/c1-3-7-11(8-4-1)13-12-9-5-2-6-10-12;/h1-10H;1H4/p+1. The summed E-state index contributed by atoms with van der Waals surface area (Å²) >= 11 is 1.28. The minimum Gasteiger partial charge on any atom is -0.0776 e. The summed E-state index contributed by atoms with van der Waals surface area (Å²) in [5.74, 6) is 0. The van der Waals surface area contributed by atoms with E-state index in [2.05, 4.69) is 48.5 Å². The van der Waals surface area contributed by atoms with Crippen molar-refractivity contribution in [2.45, 2.75) is 17.2 Å². The lowest BCUT2D eigenvalue weighted by atomic mass is 10.4. The van der Waals surface area contributed by atoms with Crippen molar-refractivity contribution in [1.82, 2.24) is 0 Å². The molecule has 0 saturated heterocycles. The van der Waals surface area contributed by atoms with E-state index in [1.807, 2.05) is 12.1 Å². The molecule has 2 rings (SSSR count). The Kier molecular flexibility index (Phi) is 4.27. The van der Waals surface area contributed by atoms with Gasteiger partial charge in [0.1, 0.15) is 0 Å². The fraction of sp³-hybridized carbons (Fsp3) is 0.0769. The quantitative estimate of drug-likeness (QED) is 0.517. The monoisotopic (exact) mass is 203 g/mol. The van der Waals surface area contributed by atoms with E-state index in [0.717, 1.165) is 0 Å². The highest BCUT2D eigenvalue weighted by Crippen LogP contribution is 2.10. The Morgan fingerprint density at radius 3 is 1.29 bits per heavy atom. The van der Waals surface area contributed by atoms with Gasteiger partial charge >= 0.3 is 0 Å². The maximum absolute atomic E-state index is 2.15. The average molecular weight is 203 g/mol. The van der Waals surface area contributed by atoms with Crippen LogP contribution in [0.2, 0.25) is 0 Å². The smallest absolute Gasteiger partial charge is 0.0776 e. The Labute approximate surface area is 90.0 Å². The maximum Gasteiger partial charge on any atom is 0.158 e. The van der Waals surface area contributed by atoms with Crippen LogP contribution in [0.4, 0.5) is 0 Å². The van der Waals surface area contributed by atoms with E-state index in [1.165, 1.54) is 21.6 Å². The molecule has 0 aliphatic heterocycles. The zero-order valence-electron chi connectivity index (χ0n) is 7.22. The van der Waals surface area contributed by atoms with Gasteiger partial charge in [-0.15, -0.1) is 0 Å². The summed E-state index contributed by atoms with van der Waals surface area (Å²) in [5.41, 5.74) is 0. The summed E-state index contributed by atoms with van der Waals surface area (Å²) in [5, 5.41) is 0. The molecule has 0 heterocycles. The highest BCUT2D eigenvalue weighted by Gasteiger charge is 2.03. The highest BCUT2D eigenvalue weighted by atomic mass is 32.2. The third-order valence-electron chi connectivity index (χ3n) is 1.77. The van der Waals surface area contributed by atoms with Crippen molar-refractivity contribution in [2.75, 3.05) is 0 Å². The molecule has 0 aromatic heterocycles. The maximum atomic E-state index is 2.15. The van der Waals surface area contributed by atoms with Crippen LogP contribution in [0.5, 0.6) is 0 Å². The van der Waals surface area contributed by atoms with Crippen LogP contribution in [0.3, 0.4) is 0 Å². The predicted octanol–water partition coefficient (Wildman–Crippen LogP) is 3.56. The zero-order valence-corrected chi connectivity index (χ0v) is 8.12. The molecule has 0 N–H and O–H groups in total. The molecule has 0 unspecified atom stereocenters. The Bertz CT molecular complexity index is 316. The molecular formula is C13H15S+. The minimum absolute atomic E-state index is 0. The molecule has 0 spiro atoms. The van der Waals surface area contributed by atoms with E-state index in [0.29, 0.717) is 0 Å². The van der Waals surface area contributed by atoms with Crippen LogP contribution in [0, 0.1) is 0 Å². The van der Waals surface area contributed by atoms with E-state index >= 15 is 0 Å². The van der Waals surface area contributed by atoms with E-state index in [-0.39, 0.29) is 7.43 Å². The minimum atomic E-state index is 0. The Balaban J connectivity index is 0.000000980. The van der Waals surface area contributed by atoms with Crippen molar-refractivity contribution in [3.05, 3.63) is 60.7 Å². The molecule has 1 heteroatoms. The summed E-state index contributed by atoms with van der Waals surface area (Å²) in [6.45, 7) is 0. The first-order valence-corrected chi connectivity index (χ1v) is 5.16. The summed E-state index contributed by atoms with van der Waals surface area (Å²) in [6, 6.07) is 21.0. The predicted molar refractivity (Wildman–Crippen MR) is 64.9 cm³/mol. The molecule has 0 atom stereocenters. The fourth-order valence-corrected chi connectivity index (χ4v) is 2.09. The van der Waals surface area contributed by atoms with Gasteiger partial charge in [0.25, 0.3) is 0 Å². The zero-order chi connectivity index (χ0) is 8.93. The van der Waals surface area contributed by atoms with Crippen molar-refractivity contribution in [2.24, 2.45) is 0 Å². The third-order valence-corrected chi connectivity index (χ3v) is 2.88. The van der Waals surface area contributed by atoms with Gasteiger partial charge < -0.3 is 0 Å². The van der Waals surface area contributed by atoms with Crippen molar-refractivity contribution in [1.29, 1.82) is 0 Å². The van der Waals surface area contributed by atoms with Crippen molar-refractivity contribution in [3.63, 3.8) is 0 Å². The van der Waals surface area contributed by atoms with Crippen molar-refractivity contribution < 1.29 is 0 Å². The number of hydrogen-bond acceptors (Lipinski definition) is 0. The summed E-state index contributed by atoms with van der Waals surface area (Å²) in [6.07, 6.45) is 0. The first-order chi connectivity index (χ1) is 6.45. The Morgan fingerprint density at radius 2 is 0.929 bits per heavy atom. The second-order valence-corrected chi connectivity index (χ2v) is 4.04. The van der Waals surface area contributed by atoms with E-state index in [4.69, 9.17) is 0 Å². The van der Waals surface area contributed by atoms with Gasteiger partial charge in [0.15, 0.2) is 9.79 Å². The molecule has 0 nitrogen and oxygen atoms in total. The number of benzene rings is 2. The summed E-state index contributed by atoms with van der Waals surface area (Å²) in [7, 11) is 0. The molecule has 0 radical (unpaired) electrons. The number of rotatable bonds is 2. The van der Waals surface area contributed by atoms with Gasteiger partial charge in [0.2, 0.25) is 0 Å². The van der Waals surface area contributed by atoms with E-state index < -0.39 is 0 Å². The number of hydrogen-bond donors (Lipinski definition) is 0. The SMILES string of the molecule is C.c1ccc([SH+]c2ccccc2)cc1. The number of thiol groups is 1. The van der Waals surface area contributed by atoms with Gasteiger partial charge in [0, 0.05) is 11.8 Å². The van der Waals surface area contributed by atoms with Gasteiger partial charge in [-0.2, -0.15) is 0 Å².